The van der Waals surface area contributed by atoms with E-state index in [0.717, 1.165) is 53.5 Å². The molecule has 0 atom stereocenters. The molecule has 2 heterocycles. The topological polar surface area (TPSA) is 103 Å². The smallest absolute Gasteiger partial charge is 0.337 e. The summed E-state index contributed by atoms with van der Waals surface area (Å²) in [6.45, 7) is 2.74. The highest BCUT2D eigenvalue weighted by molar-refractivity contribution is 5.93. The van der Waals surface area contributed by atoms with Crippen molar-refractivity contribution in [2.24, 2.45) is 0 Å². The van der Waals surface area contributed by atoms with E-state index >= 15 is 0 Å². The summed E-state index contributed by atoms with van der Waals surface area (Å²) in [5.41, 5.74) is 4.40. The maximum absolute atomic E-state index is 11.7. The minimum Gasteiger partial charge on any atom is -0.478 e. The Bertz CT molecular complexity index is 1600. The molecule has 0 aliphatic rings. The molecule has 5 rings (SSSR count). The summed E-state index contributed by atoms with van der Waals surface area (Å²) >= 11 is 0. The predicted octanol–water partition coefficient (Wildman–Crippen LogP) is 6.37. The number of aromatic nitrogens is 3. The van der Waals surface area contributed by atoms with Gasteiger partial charge in [0.25, 0.3) is 5.69 Å². The minimum absolute atomic E-state index is 0.0386. The van der Waals surface area contributed by atoms with Gasteiger partial charge in [-0.15, -0.1) is 0 Å². The van der Waals surface area contributed by atoms with E-state index in [1.165, 1.54) is 6.07 Å². The number of aromatic carboxylic acids is 1. The number of imidazole rings is 1. The third kappa shape index (κ3) is 4.33. The van der Waals surface area contributed by atoms with Gasteiger partial charge in [-0.1, -0.05) is 38.0 Å². The number of carboxylic acid groups (broad SMARTS) is 1. The van der Waals surface area contributed by atoms with Gasteiger partial charge in [0.05, 0.1) is 32.7 Å². The molecule has 2 aromatic heterocycles. The fraction of sp³-hybridized carbons (Fsp3) is 0.214. The minimum atomic E-state index is -0.966. The van der Waals surface area contributed by atoms with Crippen LogP contribution in [0.3, 0.4) is 0 Å². The first-order valence-corrected chi connectivity index (χ1v) is 12.0. The van der Waals surface area contributed by atoms with Crippen molar-refractivity contribution in [2.75, 3.05) is 0 Å². The fourth-order valence-corrected chi connectivity index (χ4v) is 4.73. The summed E-state index contributed by atoms with van der Waals surface area (Å²) in [5.74, 6) is -0.0427. The molecule has 0 fully saturated rings. The number of carbonyl (C=O) groups is 1. The average molecular weight is 483 g/mol. The molecule has 0 saturated heterocycles. The highest BCUT2D eigenvalue weighted by Gasteiger charge is 2.16. The van der Waals surface area contributed by atoms with Gasteiger partial charge in [-0.25, -0.2) is 9.78 Å². The van der Waals surface area contributed by atoms with E-state index in [1.807, 2.05) is 35.0 Å². The third-order valence-corrected chi connectivity index (χ3v) is 6.51. The van der Waals surface area contributed by atoms with Crippen LogP contribution in [0.15, 0.2) is 72.9 Å². The van der Waals surface area contributed by atoms with Crippen LogP contribution in [0.25, 0.3) is 27.6 Å². The van der Waals surface area contributed by atoms with E-state index < -0.39 is 10.9 Å². The standard InChI is InChI=1S/C28H26N4O4/c1-2-3-4-9-27-29-23-17-21(32(35)36)11-13-26(23)31(27)18-19-10-12-24-20(16-19)14-15-30(24)25-8-6-5-7-22(25)28(33)34/h5-8,10-17H,2-4,9,18H2,1H3,(H,33,34). The van der Waals surface area contributed by atoms with Crippen molar-refractivity contribution in [3.05, 3.63) is 100.0 Å². The van der Waals surface area contributed by atoms with Crippen LogP contribution in [0.2, 0.25) is 0 Å². The highest BCUT2D eigenvalue weighted by Crippen LogP contribution is 2.27. The molecular formula is C28H26N4O4. The van der Waals surface area contributed by atoms with Gasteiger partial charge < -0.3 is 14.2 Å². The Kier molecular flexibility index (Phi) is 6.25. The molecule has 0 saturated carbocycles. The van der Waals surface area contributed by atoms with E-state index in [9.17, 15) is 20.0 Å². The van der Waals surface area contributed by atoms with Crippen molar-refractivity contribution in [1.82, 2.24) is 14.1 Å². The number of para-hydroxylation sites is 1. The van der Waals surface area contributed by atoms with Crippen LogP contribution >= 0.6 is 0 Å². The van der Waals surface area contributed by atoms with Gasteiger partial charge in [0, 0.05) is 36.7 Å². The molecule has 36 heavy (non-hydrogen) atoms. The molecule has 0 spiro atoms. The van der Waals surface area contributed by atoms with Gasteiger partial charge in [-0.3, -0.25) is 10.1 Å². The zero-order chi connectivity index (χ0) is 25.2. The second-order valence-corrected chi connectivity index (χ2v) is 8.90. The Morgan fingerprint density at radius 3 is 2.61 bits per heavy atom. The molecule has 0 unspecified atom stereocenters. The number of nitrogens with zero attached hydrogens (tertiary/aromatic N) is 4. The first kappa shape index (κ1) is 23.3. The number of aryl methyl sites for hydroxylation is 1. The summed E-state index contributed by atoms with van der Waals surface area (Å²) in [6.07, 6.45) is 5.90. The third-order valence-electron chi connectivity index (χ3n) is 6.51. The van der Waals surface area contributed by atoms with Gasteiger partial charge in [0.2, 0.25) is 0 Å². The number of hydrogen-bond donors (Lipinski definition) is 1. The van der Waals surface area contributed by atoms with Crippen molar-refractivity contribution in [3.8, 4) is 5.69 Å². The molecule has 0 radical (unpaired) electrons. The number of benzene rings is 3. The Morgan fingerprint density at radius 1 is 1.03 bits per heavy atom. The number of non-ortho nitro benzene ring substituents is 1. The lowest BCUT2D eigenvalue weighted by atomic mass is 10.1. The molecular weight excluding hydrogens is 456 g/mol. The van der Waals surface area contributed by atoms with Crippen LogP contribution < -0.4 is 0 Å². The lowest BCUT2D eigenvalue weighted by Gasteiger charge is -2.11. The maximum Gasteiger partial charge on any atom is 0.337 e. The van der Waals surface area contributed by atoms with Gasteiger partial charge in [-0.2, -0.15) is 0 Å². The molecule has 0 amide bonds. The van der Waals surface area contributed by atoms with E-state index in [2.05, 4.69) is 17.6 Å². The number of nitro groups is 1. The number of carboxylic acids is 1. The predicted molar refractivity (Wildman–Crippen MR) is 139 cm³/mol. The second-order valence-electron chi connectivity index (χ2n) is 8.90. The second kappa shape index (κ2) is 9.65. The zero-order valence-electron chi connectivity index (χ0n) is 19.9. The Morgan fingerprint density at radius 2 is 1.83 bits per heavy atom. The van der Waals surface area contributed by atoms with Crippen LogP contribution in [0.5, 0.6) is 0 Å². The SMILES string of the molecule is CCCCCc1nc2cc([N+](=O)[O-])ccc2n1Cc1ccc2c(ccn2-c2ccccc2C(=O)O)c1. The first-order valence-electron chi connectivity index (χ1n) is 12.0. The first-order chi connectivity index (χ1) is 17.5. The van der Waals surface area contributed by atoms with Crippen LogP contribution in [-0.4, -0.2) is 30.1 Å². The number of rotatable bonds is 9. The summed E-state index contributed by atoms with van der Waals surface area (Å²) in [5, 5.41) is 21.9. The monoisotopic (exact) mass is 482 g/mol. The molecule has 0 aliphatic heterocycles. The number of hydrogen-bond acceptors (Lipinski definition) is 4. The summed E-state index contributed by atoms with van der Waals surface area (Å²) in [6, 6.07) is 19.9. The number of nitro benzene ring substituents is 1. The normalized spacial score (nSPS) is 11.4. The van der Waals surface area contributed by atoms with Crippen molar-refractivity contribution in [2.45, 2.75) is 39.2 Å². The van der Waals surface area contributed by atoms with E-state index in [4.69, 9.17) is 4.98 Å². The van der Waals surface area contributed by atoms with Crippen molar-refractivity contribution >= 4 is 33.6 Å². The molecule has 0 bridgehead atoms. The maximum atomic E-state index is 11.7. The van der Waals surface area contributed by atoms with Gasteiger partial charge in [-0.05, 0) is 48.4 Å². The van der Waals surface area contributed by atoms with E-state index in [1.54, 1.807) is 30.3 Å². The molecule has 5 aromatic rings. The van der Waals surface area contributed by atoms with Gasteiger partial charge >= 0.3 is 5.97 Å². The highest BCUT2D eigenvalue weighted by atomic mass is 16.6. The Hall–Kier alpha value is -4.46. The molecule has 8 heteroatoms. The lowest BCUT2D eigenvalue weighted by Crippen LogP contribution is -2.06. The molecule has 182 valence electrons. The van der Waals surface area contributed by atoms with Crippen LogP contribution in [-0.2, 0) is 13.0 Å². The zero-order valence-corrected chi connectivity index (χ0v) is 19.9. The van der Waals surface area contributed by atoms with E-state index in [-0.39, 0.29) is 11.3 Å². The summed E-state index contributed by atoms with van der Waals surface area (Å²) < 4.78 is 4.04. The Labute approximate surface area is 207 Å². The largest absolute Gasteiger partial charge is 0.478 e. The molecule has 0 aliphatic carbocycles. The van der Waals surface area contributed by atoms with Crippen LogP contribution in [0, 0.1) is 10.1 Å². The van der Waals surface area contributed by atoms with Gasteiger partial charge in [0.1, 0.15) is 5.82 Å². The molecule has 8 nitrogen and oxygen atoms in total. The quantitative estimate of drug-likeness (QED) is 0.149. The fourth-order valence-electron chi connectivity index (χ4n) is 4.73. The summed E-state index contributed by atoms with van der Waals surface area (Å²) in [7, 11) is 0. The van der Waals surface area contributed by atoms with Crippen molar-refractivity contribution in [1.29, 1.82) is 0 Å². The average Bonchev–Trinajstić information content (AvgIpc) is 3.44. The molecule has 1 N–H and O–H groups in total. The van der Waals surface area contributed by atoms with Crippen molar-refractivity contribution in [3.63, 3.8) is 0 Å². The van der Waals surface area contributed by atoms with Crippen molar-refractivity contribution < 1.29 is 14.8 Å². The Balaban J connectivity index is 1.53. The van der Waals surface area contributed by atoms with E-state index in [0.29, 0.717) is 17.7 Å². The van der Waals surface area contributed by atoms with Gasteiger partial charge in [0.15, 0.2) is 0 Å². The number of fused-ring (bicyclic) bond motifs is 2. The van der Waals surface area contributed by atoms with Crippen LogP contribution in [0.4, 0.5) is 5.69 Å². The lowest BCUT2D eigenvalue weighted by molar-refractivity contribution is -0.384. The number of unbranched alkanes of at least 4 members (excludes halogenated alkanes) is 2. The van der Waals surface area contributed by atoms with Crippen LogP contribution in [0.1, 0.15) is 47.9 Å². The molecule has 3 aromatic carbocycles. The summed E-state index contributed by atoms with van der Waals surface area (Å²) in [4.78, 5) is 27.3.